The second-order valence-electron chi connectivity index (χ2n) is 7.57. The first kappa shape index (κ1) is 18.4. The Labute approximate surface area is 176 Å². The third kappa shape index (κ3) is 3.79. The Balaban J connectivity index is 1.46. The molecule has 0 radical (unpaired) electrons. The van der Waals surface area contributed by atoms with Gasteiger partial charge in [-0.15, -0.1) is 10.2 Å². The van der Waals surface area contributed by atoms with Crippen molar-refractivity contribution in [2.45, 2.75) is 18.8 Å². The van der Waals surface area contributed by atoms with E-state index in [1.54, 1.807) is 0 Å². The van der Waals surface area contributed by atoms with E-state index in [-0.39, 0.29) is 0 Å². The Hall–Kier alpha value is -3.60. The molecule has 0 atom stereocenters. The molecule has 1 aliphatic rings. The van der Waals surface area contributed by atoms with Crippen LogP contribution in [0.15, 0.2) is 85.2 Å². The highest BCUT2D eigenvalue weighted by atomic mass is 15.3. The van der Waals surface area contributed by atoms with Crippen molar-refractivity contribution in [1.82, 2.24) is 20.2 Å². The lowest BCUT2D eigenvalue weighted by atomic mass is 9.95. The molecule has 0 saturated carbocycles. The average molecular weight is 393 g/mol. The van der Waals surface area contributed by atoms with Gasteiger partial charge in [0.1, 0.15) is 5.82 Å². The summed E-state index contributed by atoms with van der Waals surface area (Å²) >= 11 is 0. The van der Waals surface area contributed by atoms with Crippen molar-refractivity contribution in [3.63, 3.8) is 0 Å². The summed E-state index contributed by atoms with van der Waals surface area (Å²) in [6.45, 7) is 1.84. The maximum Gasteiger partial charge on any atom is 0.159 e. The van der Waals surface area contributed by atoms with Crippen molar-refractivity contribution in [2.24, 2.45) is 0 Å². The number of benzene rings is 2. The van der Waals surface area contributed by atoms with Gasteiger partial charge in [-0.2, -0.15) is 0 Å². The monoisotopic (exact) mass is 393 g/mol. The average Bonchev–Trinajstić information content (AvgIpc) is 2.85. The minimum atomic E-state index is 0.402. The highest BCUT2D eigenvalue weighted by molar-refractivity contribution is 5.79. The maximum absolute atomic E-state index is 4.70. The van der Waals surface area contributed by atoms with Crippen molar-refractivity contribution in [3.8, 4) is 22.4 Å². The summed E-state index contributed by atoms with van der Waals surface area (Å²) in [6, 6.07) is 24.7. The molecule has 1 fully saturated rings. The number of hydrogen-bond acceptors (Lipinski definition) is 5. The summed E-state index contributed by atoms with van der Waals surface area (Å²) in [7, 11) is 0. The molecule has 5 rings (SSSR count). The quantitative estimate of drug-likeness (QED) is 0.489. The van der Waals surface area contributed by atoms with E-state index in [0.717, 1.165) is 60.0 Å². The van der Waals surface area contributed by atoms with Crippen LogP contribution in [-0.4, -0.2) is 33.3 Å². The predicted octanol–water partition coefficient (Wildman–Crippen LogP) is 4.98. The zero-order valence-corrected chi connectivity index (χ0v) is 16.7. The van der Waals surface area contributed by atoms with Crippen LogP contribution in [0.4, 0.5) is 5.82 Å². The molecule has 2 aromatic carbocycles. The summed E-state index contributed by atoms with van der Waals surface area (Å²) in [5.41, 5.74) is 4.26. The van der Waals surface area contributed by atoms with E-state index < -0.39 is 0 Å². The Morgan fingerprint density at radius 1 is 0.700 bits per heavy atom. The van der Waals surface area contributed by atoms with Crippen LogP contribution >= 0.6 is 0 Å². The number of rotatable bonds is 4. The van der Waals surface area contributed by atoms with Crippen LogP contribution in [0.25, 0.3) is 22.4 Å². The fraction of sp³-hybridized carbons (Fsp3) is 0.200. The van der Waals surface area contributed by atoms with Gasteiger partial charge < -0.3 is 4.90 Å². The lowest BCUT2D eigenvalue weighted by Crippen LogP contribution is -2.34. The molecule has 0 amide bonds. The molecule has 148 valence electrons. The second kappa shape index (κ2) is 8.41. The molecule has 4 aromatic rings. The maximum atomic E-state index is 4.70. The van der Waals surface area contributed by atoms with Crippen LogP contribution in [-0.2, 0) is 0 Å². The summed E-state index contributed by atoms with van der Waals surface area (Å²) in [6.07, 6.45) is 5.69. The van der Waals surface area contributed by atoms with Crippen LogP contribution in [0.3, 0.4) is 0 Å². The lowest BCUT2D eigenvalue weighted by Gasteiger charge is -2.33. The smallest absolute Gasteiger partial charge is 0.159 e. The standard InChI is InChI=1S/C25H23N5/c1-3-8-19(9-4-1)22-18-23(20-10-5-2-6-11-20)28-29-25(22)30-16-12-21(13-17-30)24-26-14-7-15-27-24/h1-11,14-15,18,21H,12-13,16-17H2. The predicted molar refractivity (Wildman–Crippen MR) is 119 cm³/mol. The highest BCUT2D eigenvalue weighted by Crippen LogP contribution is 2.35. The molecule has 5 nitrogen and oxygen atoms in total. The van der Waals surface area contributed by atoms with Gasteiger partial charge in [0.15, 0.2) is 5.82 Å². The molecule has 5 heteroatoms. The molecule has 30 heavy (non-hydrogen) atoms. The lowest BCUT2D eigenvalue weighted by molar-refractivity contribution is 0.482. The summed E-state index contributed by atoms with van der Waals surface area (Å²) in [4.78, 5) is 11.3. The summed E-state index contributed by atoms with van der Waals surface area (Å²) < 4.78 is 0. The Morgan fingerprint density at radius 2 is 1.33 bits per heavy atom. The fourth-order valence-electron chi connectivity index (χ4n) is 4.07. The van der Waals surface area contributed by atoms with Crippen molar-refractivity contribution >= 4 is 5.82 Å². The molecular weight excluding hydrogens is 370 g/mol. The topological polar surface area (TPSA) is 54.8 Å². The van der Waals surface area contributed by atoms with E-state index >= 15 is 0 Å². The molecule has 1 aliphatic heterocycles. The van der Waals surface area contributed by atoms with Gasteiger partial charge in [0.05, 0.1) is 5.69 Å². The van der Waals surface area contributed by atoms with Gasteiger partial charge in [0.2, 0.25) is 0 Å². The van der Waals surface area contributed by atoms with Gasteiger partial charge >= 0.3 is 0 Å². The van der Waals surface area contributed by atoms with Crippen molar-refractivity contribution in [2.75, 3.05) is 18.0 Å². The van der Waals surface area contributed by atoms with E-state index in [9.17, 15) is 0 Å². The first-order chi connectivity index (χ1) is 14.9. The van der Waals surface area contributed by atoms with Gasteiger partial charge in [-0.25, -0.2) is 9.97 Å². The minimum absolute atomic E-state index is 0.402. The van der Waals surface area contributed by atoms with Crippen LogP contribution in [0, 0.1) is 0 Å². The molecule has 0 aliphatic carbocycles. The molecule has 3 heterocycles. The molecule has 0 N–H and O–H groups in total. The Morgan fingerprint density at radius 3 is 2.00 bits per heavy atom. The van der Waals surface area contributed by atoms with Crippen molar-refractivity contribution in [3.05, 3.63) is 91.0 Å². The highest BCUT2D eigenvalue weighted by Gasteiger charge is 2.25. The largest absolute Gasteiger partial charge is 0.355 e. The zero-order valence-electron chi connectivity index (χ0n) is 16.7. The minimum Gasteiger partial charge on any atom is -0.355 e. The van der Waals surface area contributed by atoms with Crippen LogP contribution in [0.5, 0.6) is 0 Å². The fourth-order valence-corrected chi connectivity index (χ4v) is 4.07. The van der Waals surface area contributed by atoms with E-state index in [4.69, 9.17) is 5.10 Å². The number of anilines is 1. The van der Waals surface area contributed by atoms with E-state index in [0.29, 0.717) is 5.92 Å². The molecule has 0 bridgehead atoms. The van der Waals surface area contributed by atoms with Crippen LogP contribution in [0.1, 0.15) is 24.6 Å². The van der Waals surface area contributed by atoms with E-state index in [1.807, 2.05) is 42.7 Å². The number of nitrogens with zero attached hydrogens (tertiary/aromatic N) is 5. The first-order valence-electron chi connectivity index (χ1n) is 10.4. The van der Waals surface area contributed by atoms with Crippen molar-refractivity contribution < 1.29 is 0 Å². The SMILES string of the molecule is c1ccc(-c2cc(-c3ccccc3)c(N3CCC(c4ncccn4)CC3)nn2)cc1. The van der Waals surface area contributed by atoms with E-state index in [1.165, 1.54) is 0 Å². The Bertz CT molecular complexity index is 1090. The van der Waals surface area contributed by atoms with Gasteiger partial charge in [-0.3, -0.25) is 0 Å². The number of aromatic nitrogens is 4. The van der Waals surface area contributed by atoms with E-state index in [2.05, 4.69) is 62.4 Å². The summed E-state index contributed by atoms with van der Waals surface area (Å²) in [5.74, 6) is 2.30. The van der Waals surface area contributed by atoms with Gasteiger partial charge in [-0.1, -0.05) is 60.7 Å². The summed E-state index contributed by atoms with van der Waals surface area (Å²) in [5, 5.41) is 9.27. The molecule has 0 unspecified atom stereocenters. The first-order valence-corrected chi connectivity index (χ1v) is 10.4. The Kier molecular flexibility index (Phi) is 5.17. The number of piperidine rings is 1. The van der Waals surface area contributed by atoms with Gasteiger partial charge in [0, 0.05) is 42.5 Å². The molecule has 1 saturated heterocycles. The molecule has 2 aromatic heterocycles. The normalized spacial score (nSPS) is 14.6. The third-order valence-electron chi connectivity index (χ3n) is 5.67. The number of hydrogen-bond donors (Lipinski definition) is 0. The molecule has 0 spiro atoms. The molecular formula is C25H23N5. The van der Waals surface area contributed by atoms with Gasteiger partial charge in [-0.05, 0) is 30.5 Å². The van der Waals surface area contributed by atoms with Crippen LogP contribution < -0.4 is 4.90 Å². The van der Waals surface area contributed by atoms with Crippen LogP contribution in [0.2, 0.25) is 0 Å². The second-order valence-corrected chi connectivity index (χ2v) is 7.57. The third-order valence-corrected chi connectivity index (χ3v) is 5.67. The zero-order chi connectivity index (χ0) is 20.2. The van der Waals surface area contributed by atoms with Crippen molar-refractivity contribution in [1.29, 1.82) is 0 Å². The van der Waals surface area contributed by atoms with Gasteiger partial charge in [0.25, 0.3) is 0 Å².